The highest BCUT2D eigenvalue weighted by molar-refractivity contribution is 6.31. The Balaban J connectivity index is 1.67. The van der Waals surface area contributed by atoms with E-state index in [9.17, 15) is 14.4 Å². The third-order valence-electron chi connectivity index (χ3n) is 6.16. The highest BCUT2D eigenvalue weighted by Crippen LogP contribution is 2.34. The number of carbonyl (C=O) groups is 3. The number of rotatable bonds is 7. The number of amides is 2. The van der Waals surface area contributed by atoms with Crippen LogP contribution >= 0.6 is 23.2 Å². The molecular weight excluding hydrogens is 599 g/mol. The van der Waals surface area contributed by atoms with E-state index >= 15 is 0 Å². The van der Waals surface area contributed by atoms with Gasteiger partial charge in [0.25, 0.3) is 0 Å². The molecule has 0 fully saturated rings. The second-order valence-electron chi connectivity index (χ2n) is 8.96. The molecule has 0 saturated heterocycles. The molecule has 15 heteroatoms. The topological polar surface area (TPSA) is 173 Å². The molecule has 13 nitrogen and oxygen atoms in total. The molecule has 1 aromatic heterocycles. The van der Waals surface area contributed by atoms with Gasteiger partial charge in [0.2, 0.25) is 11.8 Å². The lowest BCUT2D eigenvalue weighted by Gasteiger charge is -2.21. The Hall–Kier alpha value is -4.85. The van der Waals surface area contributed by atoms with Crippen molar-refractivity contribution in [1.29, 1.82) is 0 Å². The van der Waals surface area contributed by atoms with E-state index in [1.54, 1.807) is 36.4 Å². The van der Waals surface area contributed by atoms with E-state index in [0.717, 1.165) is 0 Å². The first kappa shape index (κ1) is 31.1. The lowest BCUT2D eigenvalue weighted by Crippen LogP contribution is -2.35. The minimum Gasteiger partial charge on any atom is -0.491 e. The van der Waals surface area contributed by atoms with E-state index in [2.05, 4.69) is 37.8 Å². The van der Waals surface area contributed by atoms with Crippen molar-refractivity contribution in [2.45, 2.75) is 12.5 Å². The highest BCUT2D eigenvalue weighted by Gasteiger charge is 2.24. The first-order chi connectivity index (χ1) is 20.7. The predicted octanol–water partition coefficient (Wildman–Crippen LogP) is 3.33. The lowest BCUT2D eigenvalue weighted by atomic mass is 10.0. The number of esters is 1. The van der Waals surface area contributed by atoms with Crippen molar-refractivity contribution in [3.63, 3.8) is 0 Å². The minimum absolute atomic E-state index is 0.0115. The number of nitrogens with one attached hydrogen (secondary N) is 2. The maximum absolute atomic E-state index is 13.1. The van der Waals surface area contributed by atoms with E-state index in [0.29, 0.717) is 38.8 Å². The molecule has 4 N–H and O–H groups in total. The van der Waals surface area contributed by atoms with Gasteiger partial charge >= 0.3 is 5.97 Å². The maximum atomic E-state index is 13.1. The Morgan fingerprint density at radius 3 is 2.81 bits per heavy atom. The molecule has 2 aromatic carbocycles. The van der Waals surface area contributed by atoms with Crippen molar-refractivity contribution in [1.82, 2.24) is 20.8 Å². The normalized spacial score (nSPS) is 15.0. The summed E-state index contributed by atoms with van der Waals surface area (Å²) in [5, 5.41) is 22.4. The first-order valence-corrected chi connectivity index (χ1v) is 13.4. The van der Waals surface area contributed by atoms with Crippen LogP contribution in [0.4, 0.5) is 5.69 Å². The monoisotopic (exact) mass is 624 g/mol. The quantitative estimate of drug-likeness (QED) is 0.0889. The smallest absolute Gasteiger partial charge is 0.337 e. The number of hydrogen-bond acceptors (Lipinski definition) is 10. The standard InChI is InChI=1S/C28H26Cl2N8O5/c1-32-34-15-38(31)23-7-5-18(29)11-16(23)4-8-25(39)35-21-14-26(40)33-9-10-43-24-12-17(28(41)42-2)3-6-19(24)22-13-20(21)27(30)37-36-22/h3-8,11-13,15,21H,1,9-10,14,31H2,2H3,(H,33,40)(H,35,39)/b8-4+,34-15-. The molecule has 1 atom stereocenters. The van der Waals surface area contributed by atoms with Gasteiger partial charge in [-0.15, -0.1) is 15.3 Å². The second kappa shape index (κ2) is 14.4. The van der Waals surface area contributed by atoms with E-state index in [4.69, 9.17) is 38.5 Å². The van der Waals surface area contributed by atoms with E-state index in [-0.39, 0.29) is 36.2 Å². The van der Waals surface area contributed by atoms with Crippen LogP contribution in [-0.2, 0) is 14.3 Å². The van der Waals surface area contributed by atoms with Crippen LogP contribution in [0.1, 0.15) is 33.9 Å². The molecule has 1 aliphatic heterocycles. The van der Waals surface area contributed by atoms with Gasteiger partial charge in [-0.25, -0.2) is 10.6 Å². The Morgan fingerprint density at radius 2 is 2.05 bits per heavy atom. The summed E-state index contributed by atoms with van der Waals surface area (Å²) >= 11 is 12.6. The van der Waals surface area contributed by atoms with Gasteiger partial charge in [-0.05, 0) is 48.5 Å². The number of carbonyl (C=O) groups excluding carboxylic acids is 3. The van der Waals surface area contributed by atoms with Gasteiger partial charge < -0.3 is 20.1 Å². The molecule has 4 rings (SSSR count). The van der Waals surface area contributed by atoms with Gasteiger partial charge in [0.05, 0.1) is 43.1 Å². The average molecular weight is 625 g/mol. The Kier molecular flexibility index (Phi) is 10.4. The number of anilines is 1. The van der Waals surface area contributed by atoms with E-state index in [1.807, 2.05) is 0 Å². The summed E-state index contributed by atoms with van der Waals surface area (Å²) in [6.07, 6.45) is 3.86. The van der Waals surface area contributed by atoms with Crippen LogP contribution < -0.4 is 26.2 Å². The zero-order valence-electron chi connectivity index (χ0n) is 22.8. The summed E-state index contributed by atoms with van der Waals surface area (Å²) in [6, 6.07) is 10.3. The summed E-state index contributed by atoms with van der Waals surface area (Å²) in [5.41, 5.74) is 2.46. The molecule has 222 valence electrons. The number of nitrogens with zero attached hydrogens (tertiary/aromatic N) is 5. The van der Waals surface area contributed by atoms with Crippen molar-refractivity contribution in [3.8, 4) is 17.0 Å². The van der Waals surface area contributed by atoms with Crippen molar-refractivity contribution < 1.29 is 23.9 Å². The number of fused-ring (bicyclic) bond motifs is 4. The van der Waals surface area contributed by atoms with Crippen LogP contribution in [0.2, 0.25) is 10.2 Å². The Labute approximate surface area is 256 Å². The number of hydrogen-bond donors (Lipinski definition) is 3. The summed E-state index contributed by atoms with van der Waals surface area (Å²) in [5.74, 6) is 4.88. The van der Waals surface area contributed by atoms with Gasteiger partial charge in [0, 0.05) is 34.5 Å². The molecule has 1 aliphatic rings. The number of hydrazine groups is 1. The van der Waals surface area contributed by atoms with Crippen LogP contribution in [0.25, 0.3) is 17.3 Å². The largest absolute Gasteiger partial charge is 0.491 e. The highest BCUT2D eigenvalue weighted by atomic mass is 35.5. The summed E-state index contributed by atoms with van der Waals surface area (Å²) in [4.78, 5) is 38.0. The van der Waals surface area contributed by atoms with Gasteiger partial charge in [0.1, 0.15) is 18.7 Å². The van der Waals surface area contributed by atoms with E-state index < -0.39 is 17.9 Å². The third-order valence-corrected chi connectivity index (χ3v) is 6.69. The van der Waals surface area contributed by atoms with Crippen molar-refractivity contribution in [3.05, 3.63) is 75.4 Å². The zero-order chi connectivity index (χ0) is 30.9. The van der Waals surface area contributed by atoms with Crippen molar-refractivity contribution in [2.75, 3.05) is 25.3 Å². The molecule has 0 saturated carbocycles. The van der Waals surface area contributed by atoms with Crippen LogP contribution in [0.15, 0.2) is 58.7 Å². The Morgan fingerprint density at radius 1 is 1.23 bits per heavy atom. The fraction of sp³-hybridized carbons (Fsp3) is 0.179. The molecule has 3 aromatic rings. The number of halogens is 2. The number of nitrogens with two attached hydrogens (primary N) is 1. The van der Waals surface area contributed by atoms with Crippen molar-refractivity contribution >= 4 is 65.8 Å². The van der Waals surface area contributed by atoms with Gasteiger partial charge in [0.15, 0.2) is 5.15 Å². The predicted molar refractivity (Wildman–Crippen MR) is 163 cm³/mol. The Bertz CT molecular complexity index is 1610. The molecule has 0 spiro atoms. The van der Waals surface area contributed by atoms with Gasteiger partial charge in [-0.2, -0.15) is 5.10 Å². The summed E-state index contributed by atoms with van der Waals surface area (Å²) in [6.45, 7) is 3.53. The third kappa shape index (κ3) is 7.92. The minimum atomic E-state index is -0.882. The number of methoxy groups -OCH3 is 1. The fourth-order valence-corrected chi connectivity index (χ4v) is 4.55. The van der Waals surface area contributed by atoms with Crippen LogP contribution in [0.3, 0.4) is 0 Å². The van der Waals surface area contributed by atoms with Crippen molar-refractivity contribution in [2.24, 2.45) is 16.0 Å². The van der Waals surface area contributed by atoms with Crippen LogP contribution in [0.5, 0.6) is 5.75 Å². The first-order valence-electron chi connectivity index (χ1n) is 12.7. The average Bonchev–Trinajstić information content (AvgIpc) is 3.00. The zero-order valence-corrected chi connectivity index (χ0v) is 24.3. The number of benzene rings is 2. The fourth-order valence-electron chi connectivity index (χ4n) is 4.15. The number of aromatic nitrogens is 2. The van der Waals surface area contributed by atoms with Crippen LogP contribution in [-0.4, -0.2) is 61.3 Å². The SMILES string of the molecule is C=N/N=C\N(N)c1ccc(Cl)cc1/C=C/C(=O)NC1CC(=O)NCCOc2cc(C(=O)OC)ccc2-c2cc1c(Cl)nn2. The molecule has 2 amide bonds. The second-order valence-corrected chi connectivity index (χ2v) is 9.75. The summed E-state index contributed by atoms with van der Waals surface area (Å²) < 4.78 is 10.7. The molecule has 2 bridgehead atoms. The molecule has 2 heterocycles. The van der Waals surface area contributed by atoms with E-state index in [1.165, 1.54) is 36.7 Å². The summed E-state index contributed by atoms with van der Waals surface area (Å²) in [7, 11) is 1.27. The molecular formula is C28H26Cl2N8O5. The van der Waals surface area contributed by atoms with Crippen LogP contribution in [0, 0.1) is 0 Å². The molecule has 43 heavy (non-hydrogen) atoms. The number of ether oxygens (including phenoxy) is 2. The van der Waals surface area contributed by atoms with Gasteiger partial charge in [-0.1, -0.05) is 23.2 Å². The molecule has 0 radical (unpaired) electrons. The van der Waals surface area contributed by atoms with Gasteiger partial charge in [-0.3, -0.25) is 14.6 Å². The molecule has 1 unspecified atom stereocenters. The molecule has 0 aliphatic carbocycles. The lowest BCUT2D eigenvalue weighted by molar-refractivity contribution is -0.122. The maximum Gasteiger partial charge on any atom is 0.337 e.